The second kappa shape index (κ2) is 6.24. The third kappa shape index (κ3) is 5.92. The molecule has 0 aromatic rings. The smallest absolute Gasteiger partial charge is 0.185 e. The lowest BCUT2D eigenvalue weighted by Gasteiger charge is -2.15. The van der Waals surface area contributed by atoms with Crippen molar-refractivity contribution < 1.29 is 9.90 Å². The molecule has 13 heavy (non-hydrogen) atoms. The van der Waals surface area contributed by atoms with E-state index in [9.17, 15) is 9.90 Å². The van der Waals surface area contributed by atoms with Gasteiger partial charge in [0, 0.05) is 12.6 Å². The number of likely N-dealkylation sites (N-methyl/N-ethyl adjacent to an activating group) is 1. The number of nitrogens with one attached hydrogen (secondary N) is 1. The van der Waals surface area contributed by atoms with E-state index in [-0.39, 0.29) is 5.96 Å². The number of carboxylic acids is 1. The molecule has 0 radical (unpaired) electrons. The van der Waals surface area contributed by atoms with Crippen molar-refractivity contribution in [2.75, 3.05) is 13.6 Å². The topological polar surface area (TPSA) is 117 Å². The Morgan fingerprint density at radius 3 is 2.62 bits per heavy atom. The molecule has 0 spiro atoms. The largest absolute Gasteiger partial charge is 0.548 e. The van der Waals surface area contributed by atoms with Gasteiger partial charge in [0.2, 0.25) is 0 Å². The number of aliphatic carboxylic acids is 1. The summed E-state index contributed by atoms with van der Waals surface area (Å²) in [4.78, 5) is 14.1. The summed E-state index contributed by atoms with van der Waals surface area (Å²) in [7, 11) is 1.57. The maximum atomic E-state index is 10.4. The van der Waals surface area contributed by atoms with Crippen molar-refractivity contribution >= 4 is 11.9 Å². The molecule has 0 aromatic carbocycles. The molecule has 5 N–H and O–H groups in total. The van der Waals surface area contributed by atoms with Crippen LogP contribution in [-0.4, -0.2) is 31.6 Å². The number of nitrogens with two attached hydrogens (primary N) is 2. The molecular formula is C7H15N4O2-. The second-order valence-corrected chi connectivity index (χ2v) is 2.61. The Morgan fingerprint density at radius 2 is 2.23 bits per heavy atom. The molecule has 0 heterocycles. The standard InChI is InChI=1S/C7H16N4O2/c1-10-5(6(12)13)3-2-4-11-7(8)9/h5,10H,2-4H2,1H3,(H,12,13)(H4,8,9,11)/p-1/t5-/m0/s1. The predicted octanol–water partition coefficient (Wildman–Crippen LogP) is -2.62. The fourth-order valence-corrected chi connectivity index (χ4v) is 0.884. The first-order chi connectivity index (χ1) is 6.07. The number of carbonyl (C=O) groups is 1. The molecular weight excluding hydrogens is 172 g/mol. The summed E-state index contributed by atoms with van der Waals surface area (Å²) in [5, 5.41) is 13.0. The molecule has 76 valence electrons. The van der Waals surface area contributed by atoms with Crippen LogP contribution in [0.2, 0.25) is 0 Å². The predicted molar refractivity (Wildman–Crippen MR) is 47.8 cm³/mol. The van der Waals surface area contributed by atoms with Gasteiger partial charge in [0.1, 0.15) is 0 Å². The number of aliphatic imine (C=N–C) groups is 1. The molecule has 0 unspecified atom stereocenters. The van der Waals surface area contributed by atoms with Crippen LogP contribution in [-0.2, 0) is 4.79 Å². The van der Waals surface area contributed by atoms with Gasteiger partial charge >= 0.3 is 0 Å². The van der Waals surface area contributed by atoms with Crippen LogP contribution >= 0.6 is 0 Å². The molecule has 0 aliphatic rings. The van der Waals surface area contributed by atoms with Gasteiger partial charge in [-0.1, -0.05) is 0 Å². The van der Waals surface area contributed by atoms with Gasteiger partial charge in [0.25, 0.3) is 0 Å². The van der Waals surface area contributed by atoms with E-state index in [0.717, 1.165) is 0 Å². The fourth-order valence-electron chi connectivity index (χ4n) is 0.884. The second-order valence-electron chi connectivity index (χ2n) is 2.61. The van der Waals surface area contributed by atoms with E-state index in [2.05, 4.69) is 10.3 Å². The van der Waals surface area contributed by atoms with Crippen LogP contribution in [0, 0.1) is 0 Å². The summed E-state index contributed by atoms with van der Waals surface area (Å²) in [5.74, 6) is -1.08. The first kappa shape index (κ1) is 11.7. The van der Waals surface area contributed by atoms with Crippen molar-refractivity contribution in [3.8, 4) is 0 Å². The monoisotopic (exact) mass is 187 g/mol. The highest BCUT2D eigenvalue weighted by Crippen LogP contribution is 1.95. The summed E-state index contributed by atoms with van der Waals surface area (Å²) in [6.07, 6.45) is 1.06. The molecule has 0 rings (SSSR count). The molecule has 6 heteroatoms. The van der Waals surface area contributed by atoms with E-state index in [0.29, 0.717) is 19.4 Å². The Bertz CT molecular complexity index is 189. The zero-order valence-electron chi connectivity index (χ0n) is 7.62. The molecule has 0 bridgehead atoms. The van der Waals surface area contributed by atoms with Gasteiger partial charge < -0.3 is 26.7 Å². The Morgan fingerprint density at radius 1 is 1.62 bits per heavy atom. The maximum absolute atomic E-state index is 10.4. The minimum absolute atomic E-state index is 0.0226. The van der Waals surface area contributed by atoms with Crippen LogP contribution < -0.4 is 21.9 Å². The molecule has 1 atom stereocenters. The Balaban J connectivity index is 3.62. The summed E-state index contributed by atoms with van der Waals surface area (Å²) in [6, 6.07) is -0.630. The summed E-state index contributed by atoms with van der Waals surface area (Å²) >= 11 is 0. The number of guanidine groups is 1. The van der Waals surface area contributed by atoms with Crippen molar-refractivity contribution in [1.29, 1.82) is 0 Å². The molecule has 0 aliphatic carbocycles. The maximum Gasteiger partial charge on any atom is 0.185 e. The lowest BCUT2D eigenvalue weighted by atomic mass is 10.1. The van der Waals surface area contributed by atoms with E-state index in [1.54, 1.807) is 7.05 Å². The van der Waals surface area contributed by atoms with Gasteiger partial charge in [0.15, 0.2) is 5.96 Å². The highest BCUT2D eigenvalue weighted by molar-refractivity contribution is 5.75. The van der Waals surface area contributed by atoms with Crippen molar-refractivity contribution in [3.63, 3.8) is 0 Å². The van der Waals surface area contributed by atoms with Crippen molar-refractivity contribution in [3.05, 3.63) is 0 Å². The number of rotatable bonds is 6. The normalized spacial score (nSPS) is 12.1. The number of hydrogen-bond acceptors (Lipinski definition) is 4. The van der Waals surface area contributed by atoms with Gasteiger partial charge in [-0.05, 0) is 19.9 Å². The molecule has 0 amide bonds. The minimum atomic E-state index is -1.10. The first-order valence-corrected chi connectivity index (χ1v) is 4.01. The molecule has 0 aromatic heterocycles. The van der Waals surface area contributed by atoms with Crippen LogP contribution in [0.15, 0.2) is 4.99 Å². The number of nitrogens with zero attached hydrogens (tertiary/aromatic N) is 1. The molecule has 0 saturated heterocycles. The van der Waals surface area contributed by atoms with Crippen LogP contribution in [0.25, 0.3) is 0 Å². The van der Waals surface area contributed by atoms with Gasteiger partial charge in [-0.3, -0.25) is 4.99 Å². The van der Waals surface area contributed by atoms with E-state index >= 15 is 0 Å². The zero-order valence-corrected chi connectivity index (χ0v) is 7.62. The van der Waals surface area contributed by atoms with Crippen LogP contribution in [0.3, 0.4) is 0 Å². The quantitative estimate of drug-likeness (QED) is 0.239. The third-order valence-corrected chi connectivity index (χ3v) is 1.58. The number of carbonyl (C=O) groups excluding carboxylic acids is 1. The van der Waals surface area contributed by atoms with E-state index in [1.165, 1.54) is 0 Å². The molecule has 6 nitrogen and oxygen atoms in total. The van der Waals surface area contributed by atoms with E-state index < -0.39 is 12.0 Å². The minimum Gasteiger partial charge on any atom is -0.548 e. The van der Waals surface area contributed by atoms with Crippen molar-refractivity contribution in [2.45, 2.75) is 18.9 Å². The Kier molecular flexibility index (Phi) is 5.62. The summed E-state index contributed by atoms with van der Waals surface area (Å²) in [5.41, 5.74) is 10.2. The van der Waals surface area contributed by atoms with Crippen molar-refractivity contribution in [2.24, 2.45) is 16.5 Å². The first-order valence-electron chi connectivity index (χ1n) is 4.01. The Hall–Kier alpha value is -1.30. The van der Waals surface area contributed by atoms with E-state index in [1.807, 2.05) is 0 Å². The van der Waals surface area contributed by atoms with Gasteiger partial charge in [-0.25, -0.2) is 0 Å². The lowest BCUT2D eigenvalue weighted by Crippen LogP contribution is -2.43. The van der Waals surface area contributed by atoms with Gasteiger partial charge in [0.05, 0.1) is 5.97 Å². The zero-order chi connectivity index (χ0) is 10.3. The van der Waals surface area contributed by atoms with Crippen molar-refractivity contribution in [1.82, 2.24) is 5.32 Å². The highest BCUT2D eigenvalue weighted by Gasteiger charge is 2.05. The number of hydrogen-bond donors (Lipinski definition) is 3. The summed E-state index contributed by atoms with van der Waals surface area (Å²) < 4.78 is 0. The number of carboxylic acid groups (broad SMARTS) is 1. The lowest BCUT2D eigenvalue weighted by molar-refractivity contribution is -0.308. The van der Waals surface area contributed by atoms with Gasteiger partial charge in [-0.15, -0.1) is 0 Å². The fraction of sp³-hybridized carbons (Fsp3) is 0.714. The van der Waals surface area contributed by atoms with Crippen LogP contribution in [0.5, 0.6) is 0 Å². The van der Waals surface area contributed by atoms with E-state index in [4.69, 9.17) is 11.5 Å². The van der Waals surface area contributed by atoms with Crippen LogP contribution in [0.1, 0.15) is 12.8 Å². The van der Waals surface area contributed by atoms with Gasteiger partial charge in [-0.2, -0.15) is 0 Å². The SMILES string of the molecule is CN[C@@H](CCCN=C(N)N)C(=O)[O-]. The Labute approximate surface area is 77.0 Å². The average molecular weight is 187 g/mol. The highest BCUT2D eigenvalue weighted by atomic mass is 16.4. The van der Waals surface area contributed by atoms with Crippen LogP contribution in [0.4, 0.5) is 0 Å². The third-order valence-electron chi connectivity index (χ3n) is 1.58. The average Bonchev–Trinajstić information content (AvgIpc) is 2.03. The molecule has 0 fully saturated rings. The molecule has 0 aliphatic heterocycles. The summed E-state index contributed by atoms with van der Waals surface area (Å²) in [6.45, 7) is 0.438. The molecule has 0 saturated carbocycles.